The fraction of sp³-hybridized carbons (Fsp3) is 0.364. The number of hydrogen-bond donors (Lipinski definition) is 0. The summed E-state index contributed by atoms with van der Waals surface area (Å²) in [6, 6.07) is 12.9. The van der Waals surface area contributed by atoms with Crippen molar-refractivity contribution in [1.82, 2.24) is 9.88 Å². The van der Waals surface area contributed by atoms with Crippen LogP contribution < -0.4 is 9.64 Å². The molecule has 0 fully saturated rings. The molecule has 0 saturated heterocycles. The van der Waals surface area contributed by atoms with Gasteiger partial charge in [-0.15, -0.1) is 12.4 Å². The zero-order chi connectivity index (χ0) is 20.8. The van der Waals surface area contributed by atoms with Crippen LogP contribution >= 0.6 is 35.3 Å². The number of carbonyl (C=O) groups excluding carboxylic acids is 1. The molecular weight excluding hydrogens is 441 g/mol. The van der Waals surface area contributed by atoms with Crippen LogP contribution in [0.15, 0.2) is 42.5 Å². The first kappa shape index (κ1) is 24.4. The van der Waals surface area contributed by atoms with E-state index in [0.29, 0.717) is 28.9 Å². The number of aromatic nitrogens is 1. The van der Waals surface area contributed by atoms with Crippen molar-refractivity contribution in [2.24, 2.45) is 0 Å². The van der Waals surface area contributed by atoms with E-state index in [0.717, 1.165) is 35.6 Å². The van der Waals surface area contributed by atoms with Crippen molar-refractivity contribution in [2.45, 2.75) is 20.8 Å². The number of rotatable bonds is 9. The van der Waals surface area contributed by atoms with Crippen molar-refractivity contribution in [3.05, 3.63) is 53.1 Å². The van der Waals surface area contributed by atoms with E-state index < -0.39 is 0 Å². The van der Waals surface area contributed by atoms with Crippen molar-refractivity contribution in [2.75, 3.05) is 37.7 Å². The van der Waals surface area contributed by atoms with Gasteiger partial charge in [0.05, 0.1) is 16.8 Å². The Morgan fingerprint density at radius 3 is 2.53 bits per heavy atom. The highest BCUT2D eigenvalue weighted by molar-refractivity contribution is 7.22. The Bertz CT molecular complexity index is 976. The summed E-state index contributed by atoms with van der Waals surface area (Å²) in [7, 11) is 0. The first-order valence-electron chi connectivity index (χ1n) is 9.88. The van der Waals surface area contributed by atoms with Crippen LogP contribution in [0.3, 0.4) is 0 Å². The second-order valence-corrected chi connectivity index (χ2v) is 8.00. The minimum atomic E-state index is -0.0938. The van der Waals surface area contributed by atoms with Gasteiger partial charge in [-0.25, -0.2) is 4.98 Å². The topological polar surface area (TPSA) is 45.7 Å². The van der Waals surface area contributed by atoms with Crippen LogP contribution in [0.5, 0.6) is 5.75 Å². The molecule has 1 heterocycles. The monoisotopic (exact) mass is 467 g/mol. The summed E-state index contributed by atoms with van der Waals surface area (Å²) in [5.41, 5.74) is 1.42. The first-order chi connectivity index (χ1) is 14.0. The van der Waals surface area contributed by atoms with Crippen molar-refractivity contribution in [3.63, 3.8) is 0 Å². The molecule has 3 aromatic rings. The van der Waals surface area contributed by atoms with E-state index in [-0.39, 0.29) is 18.3 Å². The number of likely N-dealkylation sites (N-methyl/N-ethyl adjacent to an activating group) is 1. The average Bonchev–Trinajstić information content (AvgIpc) is 3.14. The lowest BCUT2D eigenvalue weighted by Crippen LogP contribution is -2.38. The summed E-state index contributed by atoms with van der Waals surface area (Å²) in [4.78, 5) is 22.1. The molecule has 0 aliphatic carbocycles. The summed E-state index contributed by atoms with van der Waals surface area (Å²) in [6.45, 7) is 10.0. The molecule has 8 heteroatoms. The predicted molar refractivity (Wildman–Crippen MR) is 129 cm³/mol. The molecule has 5 nitrogen and oxygen atoms in total. The van der Waals surface area contributed by atoms with Gasteiger partial charge in [0.15, 0.2) is 5.13 Å². The van der Waals surface area contributed by atoms with Crippen molar-refractivity contribution in [3.8, 4) is 5.75 Å². The van der Waals surface area contributed by atoms with Gasteiger partial charge in [-0.2, -0.15) is 0 Å². The molecule has 1 aromatic heterocycles. The van der Waals surface area contributed by atoms with Crippen LogP contribution in [0, 0.1) is 0 Å². The highest BCUT2D eigenvalue weighted by Gasteiger charge is 2.22. The quantitative estimate of drug-likeness (QED) is 0.401. The molecule has 0 aliphatic heterocycles. The lowest BCUT2D eigenvalue weighted by Gasteiger charge is -2.24. The molecule has 0 N–H and O–H groups in total. The molecule has 0 saturated carbocycles. The Labute approximate surface area is 193 Å². The zero-order valence-electron chi connectivity index (χ0n) is 17.4. The van der Waals surface area contributed by atoms with Gasteiger partial charge in [0.25, 0.3) is 5.91 Å². The lowest BCUT2D eigenvalue weighted by molar-refractivity contribution is 0.0984. The van der Waals surface area contributed by atoms with E-state index in [1.54, 1.807) is 29.2 Å². The predicted octanol–water partition coefficient (Wildman–Crippen LogP) is 5.76. The maximum absolute atomic E-state index is 13.3. The van der Waals surface area contributed by atoms with Gasteiger partial charge < -0.3 is 9.64 Å². The second kappa shape index (κ2) is 11.5. The Kier molecular flexibility index (Phi) is 9.37. The van der Waals surface area contributed by atoms with Crippen LogP contribution in [0.1, 0.15) is 31.1 Å². The highest BCUT2D eigenvalue weighted by Crippen LogP contribution is 2.32. The fourth-order valence-electron chi connectivity index (χ4n) is 3.11. The number of ether oxygens (including phenoxy) is 1. The summed E-state index contributed by atoms with van der Waals surface area (Å²) >= 11 is 7.62. The van der Waals surface area contributed by atoms with Gasteiger partial charge in [0.1, 0.15) is 5.75 Å². The standard InChI is InChI=1S/C22H26ClN3O2S.ClH/c1-4-25(5-2)12-13-26(21(27)16-8-7-9-17(23)14-16)22-24-19-11-10-18(28-6-3)15-20(19)29-22;/h7-11,14-15H,4-6,12-13H2,1-3H3;1H. The number of fused-ring (bicyclic) bond motifs is 1. The molecule has 162 valence electrons. The van der Waals surface area contributed by atoms with Gasteiger partial charge in [-0.3, -0.25) is 9.69 Å². The Morgan fingerprint density at radius 1 is 1.10 bits per heavy atom. The van der Waals surface area contributed by atoms with E-state index in [1.165, 1.54) is 11.3 Å². The SMILES string of the molecule is CCOc1ccc2nc(N(CCN(CC)CC)C(=O)c3cccc(Cl)c3)sc2c1.Cl. The summed E-state index contributed by atoms with van der Waals surface area (Å²) < 4.78 is 6.60. The largest absolute Gasteiger partial charge is 0.494 e. The number of hydrogen-bond acceptors (Lipinski definition) is 5. The lowest BCUT2D eigenvalue weighted by atomic mass is 10.2. The van der Waals surface area contributed by atoms with Gasteiger partial charge in [0, 0.05) is 23.7 Å². The van der Waals surface area contributed by atoms with E-state index in [1.807, 2.05) is 25.1 Å². The molecule has 1 amide bonds. The molecule has 0 bridgehead atoms. The minimum absolute atomic E-state index is 0. The Morgan fingerprint density at radius 2 is 1.87 bits per heavy atom. The average molecular weight is 468 g/mol. The molecule has 2 aromatic carbocycles. The third-order valence-corrected chi connectivity index (χ3v) is 6.02. The Balaban J connectivity index is 0.00000320. The van der Waals surface area contributed by atoms with Crippen LogP contribution in [-0.4, -0.2) is 48.6 Å². The van der Waals surface area contributed by atoms with Gasteiger partial charge in [0.2, 0.25) is 0 Å². The molecule has 0 aliphatic rings. The minimum Gasteiger partial charge on any atom is -0.494 e. The van der Waals surface area contributed by atoms with Crippen molar-refractivity contribution >= 4 is 56.6 Å². The third kappa shape index (κ3) is 5.85. The third-order valence-electron chi connectivity index (χ3n) is 4.74. The van der Waals surface area contributed by atoms with Crippen LogP contribution in [0.2, 0.25) is 5.02 Å². The van der Waals surface area contributed by atoms with Crippen molar-refractivity contribution in [1.29, 1.82) is 0 Å². The number of amides is 1. The number of anilines is 1. The Hall–Kier alpha value is -1.86. The van der Waals surface area contributed by atoms with Crippen LogP contribution in [0.25, 0.3) is 10.2 Å². The molecule has 0 spiro atoms. The smallest absolute Gasteiger partial charge is 0.260 e. The van der Waals surface area contributed by atoms with Gasteiger partial charge in [-0.1, -0.05) is 42.9 Å². The summed E-state index contributed by atoms with van der Waals surface area (Å²) in [5.74, 6) is 0.717. The number of nitrogens with zero attached hydrogens (tertiary/aromatic N) is 3. The summed E-state index contributed by atoms with van der Waals surface area (Å²) in [5, 5.41) is 1.23. The number of benzene rings is 2. The van der Waals surface area contributed by atoms with Crippen molar-refractivity contribution < 1.29 is 9.53 Å². The fourth-order valence-corrected chi connectivity index (χ4v) is 4.32. The molecule has 30 heavy (non-hydrogen) atoms. The maximum atomic E-state index is 13.3. The molecule has 0 atom stereocenters. The number of halogens is 2. The first-order valence-corrected chi connectivity index (χ1v) is 11.1. The van der Waals surface area contributed by atoms with E-state index in [2.05, 4.69) is 18.7 Å². The number of thiazole rings is 1. The van der Waals surface area contributed by atoms with Crippen LogP contribution in [0.4, 0.5) is 5.13 Å². The maximum Gasteiger partial charge on any atom is 0.260 e. The molecule has 0 unspecified atom stereocenters. The molecule has 3 rings (SSSR count). The van der Waals surface area contributed by atoms with Crippen LogP contribution in [-0.2, 0) is 0 Å². The number of carbonyl (C=O) groups is 1. The molecular formula is C22H27Cl2N3O2S. The normalized spacial score (nSPS) is 10.8. The van der Waals surface area contributed by atoms with E-state index in [4.69, 9.17) is 21.3 Å². The van der Waals surface area contributed by atoms with E-state index in [9.17, 15) is 4.79 Å². The van der Waals surface area contributed by atoms with E-state index >= 15 is 0 Å². The van der Waals surface area contributed by atoms with Gasteiger partial charge in [-0.05, 0) is 56.4 Å². The highest BCUT2D eigenvalue weighted by atomic mass is 35.5. The molecule has 0 radical (unpaired) electrons. The second-order valence-electron chi connectivity index (χ2n) is 6.55. The summed E-state index contributed by atoms with van der Waals surface area (Å²) in [6.07, 6.45) is 0. The zero-order valence-corrected chi connectivity index (χ0v) is 19.8. The van der Waals surface area contributed by atoms with Gasteiger partial charge >= 0.3 is 0 Å².